The number of pyridine rings is 1. The van der Waals surface area contributed by atoms with Crippen molar-refractivity contribution in [1.82, 2.24) is 4.98 Å². The van der Waals surface area contributed by atoms with E-state index in [-0.39, 0.29) is 5.56 Å². The molecule has 84 valence electrons. The summed E-state index contributed by atoms with van der Waals surface area (Å²) < 4.78 is 0. The number of para-hydroxylation sites is 1. The summed E-state index contributed by atoms with van der Waals surface area (Å²) in [6.45, 7) is 0. The second-order valence-electron chi connectivity index (χ2n) is 3.34. The van der Waals surface area contributed by atoms with Crippen molar-refractivity contribution in [3.8, 4) is 0 Å². The molecule has 17 heavy (non-hydrogen) atoms. The van der Waals surface area contributed by atoms with Crippen LogP contribution in [0.5, 0.6) is 0 Å². The first-order valence-electron chi connectivity index (χ1n) is 5.05. The van der Waals surface area contributed by atoms with Gasteiger partial charge in [-0.3, -0.25) is 9.98 Å². The van der Waals surface area contributed by atoms with Crippen LogP contribution in [0.25, 0.3) is 0 Å². The molecule has 1 heterocycles. The summed E-state index contributed by atoms with van der Waals surface area (Å²) >= 11 is 0. The third-order valence-corrected chi connectivity index (χ3v) is 2.16. The number of benzene rings is 1. The molecule has 0 aliphatic carbocycles. The van der Waals surface area contributed by atoms with Crippen molar-refractivity contribution < 1.29 is 9.90 Å². The Morgan fingerprint density at radius 2 is 1.94 bits per heavy atom. The summed E-state index contributed by atoms with van der Waals surface area (Å²) in [5, 5.41) is 8.97. The Kier molecular flexibility index (Phi) is 3.25. The van der Waals surface area contributed by atoms with Crippen molar-refractivity contribution in [2.24, 2.45) is 4.99 Å². The molecule has 0 aliphatic heterocycles. The molecule has 0 amide bonds. The number of carbonyl (C=O) groups is 1. The minimum absolute atomic E-state index is 0.180. The molecule has 0 bridgehead atoms. The topological polar surface area (TPSA) is 62.5 Å². The van der Waals surface area contributed by atoms with Gasteiger partial charge in [-0.05, 0) is 24.3 Å². The highest BCUT2D eigenvalue weighted by Gasteiger charge is 2.06. The zero-order valence-electron chi connectivity index (χ0n) is 8.95. The van der Waals surface area contributed by atoms with Crippen LogP contribution >= 0.6 is 0 Å². The van der Waals surface area contributed by atoms with Crippen LogP contribution in [0.15, 0.2) is 53.7 Å². The van der Waals surface area contributed by atoms with E-state index in [1.165, 1.54) is 6.07 Å². The maximum absolute atomic E-state index is 10.9. The Labute approximate surface area is 98.3 Å². The molecule has 0 saturated carbocycles. The highest BCUT2D eigenvalue weighted by Crippen LogP contribution is 2.18. The van der Waals surface area contributed by atoms with E-state index in [1.807, 2.05) is 12.1 Å². The van der Waals surface area contributed by atoms with E-state index in [1.54, 1.807) is 36.7 Å². The number of nitrogens with zero attached hydrogens (tertiary/aromatic N) is 2. The summed E-state index contributed by atoms with van der Waals surface area (Å²) in [4.78, 5) is 19.1. The molecule has 0 spiro atoms. The lowest BCUT2D eigenvalue weighted by Gasteiger charge is -1.99. The van der Waals surface area contributed by atoms with Gasteiger partial charge in [0.25, 0.3) is 0 Å². The molecular weight excluding hydrogens is 216 g/mol. The molecule has 0 aliphatic rings. The molecule has 4 nitrogen and oxygen atoms in total. The lowest BCUT2D eigenvalue weighted by atomic mass is 10.2. The summed E-state index contributed by atoms with van der Waals surface area (Å²) in [5.41, 5.74) is 1.29. The zero-order valence-corrected chi connectivity index (χ0v) is 8.95. The first-order chi connectivity index (χ1) is 8.27. The third kappa shape index (κ3) is 2.75. The highest BCUT2D eigenvalue weighted by atomic mass is 16.4. The van der Waals surface area contributed by atoms with E-state index in [9.17, 15) is 4.79 Å². The lowest BCUT2D eigenvalue weighted by molar-refractivity contribution is 0.0698. The minimum Gasteiger partial charge on any atom is -0.478 e. The molecule has 4 heteroatoms. The van der Waals surface area contributed by atoms with Gasteiger partial charge < -0.3 is 5.11 Å². The van der Waals surface area contributed by atoms with Crippen molar-refractivity contribution in [2.75, 3.05) is 0 Å². The van der Waals surface area contributed by atoms with Gasteiger partial charge in [0.05, 0.1) is 23.2 Å². The zero-order chi connectivity index (χ0) is 12.1. The van der Waals surface area contributed by atoms with Gasteiger partial charge in [-0.1, -0.05) is 18.2 Å². The predicted octanol–water partition coefficient (Wildman–Crippen LogP) is 2.53. The number of carboxylic acid groups (broad SMARTS) is 1. The fourth-order valence-electron chi connectivity index (χ4n) is 1.36. The van der Waals surface area contributed by atoms with Crippen molar-refractivity contribution in [3.63, 3.8) is 0 Å². The largest absolute Gasteiger partial charge is 0.478 e. The van der Waals surface area contributed by atoms with E-state index in [0.29, 0.717) is 11.4 Å². The maximum atomic E-state index is 10.9. The van der Waals surface area contributed by atoms with Crippen molar-refractivity contribution in [3.05, 3.63) is 59.9 Å². The Bertz CT molecular complexity index is 550. The van der Waals surface area contributed by atoms with Crippen LogP contribution in [0.3, 0.4) is 0 Å². The highest BCUT2D eigenvalue weighted by molar-refractivity contribution is 5.94. The van der Waals surface area contributed by atoms with Gasteiger partial charge in [0.1, 0.15) is 0 Å². The number of aromatic carboxylic acids is 1. The van der Waals surface area contributed by atoms with Crippen molar-refractivity contribution >= 4 is 17.9 Å². The Hall–Kier alpha value is -2.49. The molecule has 0 saturated heterocycles. The molecule has 2 rings (SSSR count). The van der Waals surface area contributed by atoms with Gasteiger partial charge in [-0.15, -0.1) is 0 Å². The number of hydrogen-bond acceptors (Lipinski definition) is 3. The fourth-order valence-corrected chi connectivity index (χ4v) is 1.36. The molecule has 1 aromatic heterocycles. The molecule has 0 unspecified atom stereocenters. The van der Waals surface area contributed by atoms with E-state index in [2.05, 4.69) is 9.98 Å². The predicted molar refractivity (Wildman–Crippen MR) is 64.9 cm³/mol. The number of carboxylic acids is 1. The maximum Gasteiger partial charge on any atom is 0.337 e. The molecular formula is C13H10N2O2. The van der Waals surface area contributed by atoms with Gasteiger partial charge >= 0.3 is 5.97 Å². The van der Waals surface area contributed by atoms with Crippen molar-refractivity contribution in [1.29, 1.82) is 0 Å². The molecule has 1 N–H and O–H groups in total. The normalized spacial score (nSPS) is 10.6. The lowest BCUT2D eigenvalue weighted by Crippen LogP contribution is -1.96. The molecule has 1 aromatic carbocycles. The first-order valence-corrected chi connectivity index (χ1v) is 5.05. The van der Waals surface area contributed by atoms with Gasteiger partial charge in [0.15, 0.2) is 0 Å². The first kappa shape index (κ1) is 11.0. The van der Waals surface area contributed by atoms with E-state index >= 15 is 0 Å². The van der Waals surface area contributed by atoms with Gasteiger partial charge in [-0.25, -0.2) is 4.79 Å². The molecule has 0 atom stereocenters. The average molecular weight is 226 g/mol. The average Bonchev–Trinajstić information content (AvgIpc) is 2.38. The van der Waals surface area contributed by atoms with E-state index in [4.69, 9.17) is 5.11 Å². The number of aliphatic imine (C=N–C) groups is 1. The number of hydrogen-bond donors (Lipinski definition) is 1. The van der Waals surface area contributed by atoms with Gasteiger partial charge in [-0.2, -0.15) is 0 Å². The third-order valence-electron chi connectivity index (χ3n) is 2.16. The standard InChI is InChI=1S/C13H10N2O2/c16-13(17)11-6-1-2-7-12(11)15-9-10-5-3-4-8-14-10/h1-9H,(H,16,17)/b15-9+. The number of rotatable bonds is 3. The Balaban J connectivity index is 2.30. The molecule has 2 aromatic rings. The SMILES string of the molecule is O=C(O)c1ccccc1/N=C/c1ccccn1. The van der Waals surface area contributed by atoms with Crippen LogP contribution in [0.2, 0.25) is 0 Å². The quantitative estimate of drug-likeness (QED) is 0.818. The smallest absolute Gasteiger partial charge is 0.337 e. The van der Waals surface area contributed by atoms with E-state index in [0.717, 1.165) is 0 Å². The monoisotopic (exact) mass is 226 g/mol. The Morgan fingerprint density at radius 3 is 2.65 bits per heavy atom. The van der Waals surface area contributed by atoms with Crippen LogP contribution in [0, 0.1) is 0 Å². The van der Waals surface area contributed by atoms with Crippen LogP contribution in [0.1, 0.15) is 16.1 Å². The van der Waals surface area contributed by atoms with Crippen LogP contribution < -0.4 is 0 Å². The van der Waals surface area contributed by atoms with Gasteiger partial charge in [0, 0.05) is 6.20 Å². The summed E-state index contributed by atoms with van der Waals surface area (Å²) in [6.07, 6.45) is 3.20. The second-order valence-corrected chi connectivity index (χ2v) is 3.34. The van der Waals surface area contributed by atoms with Gasteiger partial charge in [0.2, 0.25) is 0 Å². The van der Waals surface area contributed by atoms with Crippen LogP contribution in [-0.2, 0) is 0 Å². The second kappa shape index (κ2) is 5.03. The van der Waals surface area contributed by atoms with Crippen LogP contribution in [-0.4, -0.2) is 22.3 Å². The molecule has 0 fully saturated rings. The molecule has 0 radical (unpaired) electrons. The minimum atomic E-state index is -0.987. The van der Waals surface area contributed by atoms with E-state index < -0.39 is 5.97 Å². The van der Waals surface area contributed by atoms with Crippen molar-refractivity contribution in [2.45, 2.75) is 0 Å². The fraction of sp³-hybridized carbons (Fsp3) is 0. The summed E-state index contributed by atoms with van der Waals surface area (Å²) in [6, 6.07) is 12.0. The summed E-state index contributed by atoms with van der Waals surface area (Å²) in [5.74, 6) is -0.987. The number of aromatic nitrogens is 1. The summed E-state index contributed by atoms with van der Waals surface area (Å²) in [7, 11) is 0. The Morgan fingerprint density at radius 1 is 1.18 bits per heavy atom. The van der Waals surface area contributed by atoms with Crippen LogP contribution in [0.4, 0.5) is 5.69 Å².